The van der Waals surface area contributed by atoms with Gasteiger partial charge in [-0.2, -0.15) is 0 Å². The van der Waals surface area contributed by atoms with Gasteiger partial charge in [-0.05, 0) is 25.0 Å². The van der Waals surface area contributed by atoms with Crippen molar-refractivity contribution in [3.63, 3.8) is 0 Å². The summed E-state index contributed by atoms with van der Waals surface area (Å²) in [6.45, 7) is 0. The zero-order valence-corrected chi connectivity index (χ0v) is 8.09. The molecule has 15 heavy (non-hydrogen) atoms. The van der Waals surface area contributed by atoms with E-state index in [0.29, 0.717) is 0 Å². The van der Waals surface area contributed by atoms with Crippen molar-refractivity contribution in [1.29, 1.82) is 0 Å². The minimum Gasteiger partial charge on any atom is -0.397 e. The first kappa shape index (κ1) is 9.76. The van der Waals surface area contributed by atoms with E-state index in [9.17, 15) is 9.18 Å². The predicted octanol–water partition coefficient (Wildman–Crippen LogP) is 1.69. The largest absolute Gasteiger partial charge is 0.397 e. The smallest absolute Gasteiger partial charge is 0.319 e. The Labute approximate surface area is 86.7 Å². The molecule has 0 spiro atoms. The third-order valence-electron chi connectivity index (χ3n) is 2.20. The van der Waals surface area contributed by atoms with E-state index in [-0.39, 0.29) is 17.4 Å². The number of amides is 2. The summed E-state index contributed by atoms with van der Waals surface area (Å²) in [5.41, 5.74) is 5.79. The number of nitrogens with one attached hydrogen (secondary N) is 2. The number of anilines is 2. The van der Waals surface area contributed by atoms with Crippen LogP contribution in [0.15, 0.2) is 18.2 Å². The number of hydrogen-bond acceptors (Lipinski definition) is 2. The van der Waals surface area contributed by atoms with Gasteiger partial charge in [-0.3, -0.25) is 0 Å². The van der Waals surface area contributed by atoms with Gasteiger partial charge in [-0.1, -0.05) is 6.07 Å². The van der Waals surface area contributed by atoms with Gasteiger partial charge >= 0.3 is 6.03 Å². The Balaban J connectivity index is 2.05. The van der Waals surface area contributed by atoms with Crippen LogP contribution in [0.25, 0.3) is 0 Å². The summed E-state index contributed by atoms with van der Waals surface area (Å²) in [6.07, 6.45) is 1.97. The minimum atomic E-state index is -0.527. The van der Waals surface area contributed by atoms with Gasteiger partial charge in [0.1, 0.15) is 11.5 Å². The Morgan fingerprint density at radius 2 is 2.20 bits per heavy atom. The number of hydrogen-bond donors (Lipinski definition) is 3. The number of benzene rings is 1. The maximum absolute atomic E-state index is 13.2. The fraction of sp³-hybridized carbons (Fsp3) is 0.300. The van der Waals surface area contributed by atoms with Crippen LogP contribution in [0.5, 0.6) is 0 Å². The molecule has 0 bridgehead atoms. The van der Waals surface area contributed by atoms with Crippen LogP contribution in [-0.4, -0.2) is 12.1 Å². The molecule has 1 aromatic rings. The van der Waals surface area contributed by atoms with Crippen molar-refractivity contribution >= 4 is 17.4 Å². The summed E-state index contributed by atoms with van der Waals surface area (Å²) in [5, 5.41) is 5.08. The van der Waals surface area contributed by atoms with Crippen LogP contribution in [0, 0.1) is 5.82 Å². The zero-order chi connectivity index (χ0) is 10.8. The first-order valence-corrected chi connectivity index (χ1v) is 4.78. The Morgan fingerprint density at radius 3 is 2.80 bits per heavy atom. The van der Waals surface area contributed by atoms with Gasteiger partial charge in [0.2, 0.25) is 0 Å². The number of nitrogens with two attached hydrogens (primary N) is 1. The first-order chi connectivity index (χ1) is 7.16. The zero-order valence-electron chi connectivity index (χ0n) is 8.09. The van der Waals surface area contributed by atoms with Gasteiger partial charge in [0.05, 0.1) is 5.69 Å². The van der Waals surface area contributed by atoms with Crippen molar-refractivity contribution in [1.82, 2.24) is 5.32 Å². The molecule has 1 fully saturated rings. The molecule has 4 N–H and O–H groups in total. The van der Waals surface area contributed by atoms with Crippen molar-refractivity contribution in [2.24, 2.45) is 0 Å². The number of nitrogen functional groups attached to an aromatic ring is 1. The topological polar surface area (TPSA) is 67.1 Å². The highest BCUT2D eigenvalue weighted by atomic mass is 19.1. The van der Waals surface area contributed by atoms with Crippen LogP contribution in [-0.2, 0) is 0 Å². The maximum Gasteiger partial charge on any atom is 0.319 e. The average molecular weight is 209 g/mol. The molecule has 2 amide bonds. The van der Waals surface area contributed by atoms with Crippen molar-refractivity contribution in [3.8, 4) is 0 Å². The second kappa shape index (κ2) is 3.76. The number of halogens is 1. The summed E-state index contributed by atoms with van der Waals surface area (Å²) >= 11 is 0. The number of rotatable bonds is 2. The molecule has 0 unspecified atom stereocenters. The molecule has 4 nitrogen and oxygen atoms in total. The molecule has 0 saturated heterocycles. The average Bonchev–Trinajstić information content (AvgIpc) is 2.95. The molecule has 1 aliphatic carbocycles. The number of para-hydroxylation sites is 1. The first-order valence-electron chi connectivity index (χ1n) is 4.78. The lowest BCUT2D eigenvalue weighted by Gasteiger charge is -2.09. The van der Waals surface area contributed by atoms with E-state index in [1.54, 1.807) is 0 Å². The molecule has 0 radical (unpaired) electrons. The number of carbonyl (C=O) groups excluding carboxylic acids is 1. The Morgan fingerprint density at radius 1 is 1.47 bits per heavy atom. The van der Waals surface area contributed by atoms with Gasteiger partial charge in [0.15, 0.2) is 0 Å². The highest BCUT2D eigenvalue weighted by Crippen LogP contribution is 2.22. The van der Waals surface area contributed by atoms with Gasteiger partial charge in [0.25, 0.3) is 0 Å². The highest BCUT2D eigenvalue weighted by Gasteiger charge is 2.23. The second-order valence-corrected chi connectivity index (χ2v) is 3.58. The summed E-state index contributed by atoms with van der Waals surface area (Å²) < 4.78 is 13.2. The molecule has 0 aromatic heterocycles. The van der Waals surface area contributed by atoms with E-state index in [2.05, 4.69) is 10.6 Å². The van der Waals surface area contributed by atoms with E-state index in [1.165, 1.54) is 18.2 Å². The van der Waals surface area contributed by atoms with Crippen LogP contribution in [0.4, 0.5) is 20.6 Å². The SMILES string of the molecule is Nc1cccc(F)c1NC(=O)NC1CC1. The molecular formula is C10H12FN3O. The lowest BCUT2D eigenvalue weighted by Crippen LogP contribution is -2.31. The molecule has 0 atom stereocenters. The molecule has 1 aromatic carbocycles. The van der Waals surface area contributed by atoms with Gasteiger partial charge in [-0.15, -0.1) is 0 Å². The van der Waals surface area contributed by atoms with E-state index in [1.807, 2.05) is 0 Å². The van der Waals surface area contributed by atoms with E-state index in [4.69, 9.17) is 5.73 Å². The maximum atomic E-state index is 13.2. The van der Waals surface area contributed by atoms with E-state index >= 15 is 0 Å². The Hall–Kier alpha value is -1.78. The van der Waals surface area contributed by atoms with Crippen molar-refractivity contribution < 1.29 is 9.18 Å². The third-order valence-corrected chi connectivity index (χ3v) is 2.20. The molecule has 0 heterocycles. The normalized spacial score (nSPS) is 14.7. The lowest BCUT2D eigenvalue weighted by atomic mass is 10.2. The standard InChI is InChI=1S/C10H12FN3O/c11-7-2-1-3-8(12)9(7)14-10(15)13-6-4-5-6/h1-3,6H,4-5,12H2,(H2,13,14,15). The van der Waals surface area contributed by atoms with Crippen LogP contribution in [0.1, 0.15) is 12.8 Å². The number of carbonyl (C=O) groups is 1. The molecule has 0 aliphatic heterocycles. The molecule has 1 saturated carbocycles. The van der Waals surface area contributed by atoms with Gasteiger partial charge in [-0.25, -0.2) is 9.18 Å². The van der Waals surface area contributed by atoms with Crippen molar-refractivity contribution in [2.45, 2.75) is 18.9 Å². The molecular weight excluding hydrogens is 197 g/mol. The molecule has 1 aliphatic rings. The number of urea groups is 1. The summed E-state index contributed by atoms with van der Waals surface area (Å²) in [5.74, 6) is -0.527. The van der Waals surface area contributed by atoms with E-state index < -0.39 is 11.8 Å². The molecule has 80 valence electrons. The third kappa shape index (κ3) is 2.37. The fourth-order valence-corrected chi connectivity index (χ4v) is 1.24. The summed E-state index contributed by atoms with van der Waals surface area (Å²) in [6, 6.07) is 4.11. The van der Waals surface area contributed by atoms with Crippen LogP contribution < -0.4 is 16.4 Å². The lowest BCUT2D eigenvalue weighted by molar-refractivity contribution is 0.251. The van der Waals surface area contributed by atoms with Crippen LogP contribution in [0.3, 0.4) is 0 Å². The molecule has 2 rings (SSSR count). The van der Waals surface area contributed by atoms with E-state index in [0.717, 1.165) is 12.8 Å². The van der Waals surface area contributed by atoms with Gasteiger partial charge in [0, 0.05) is 6.04 Å². The summed E-state index contributed by atoms with van der Waals surface area (Å²) in [4.78, 5) is 11.3. The quantitative estimate of drug-likeness (QED) is 0.649. The monoisotopic (exact) mass is 209 g/mol. The van der Waals surface area contributed by atoms with Crippen LogP contribution >= 0.6 is 0 Å². The molecule has 5 heteroatoms. The summed E-state index contributed by atoms with van der Waals surface area (Å²) in [7, 11) is 0. The Bertz CT molecular complexity index is 370. The van der Waals surface area contributed by atoms with Crippen LogP contribution in [0.2, 0.25) is 0 Å². The van der Waals surface area contributed by atoms with Crippen molar-refractivity contribution in [2.75, 3.05) is 11.1 Å². The highest BCUT2D eigenvalue weighted by molar-refractivity contribution is 5.93. The predicted molar refractivity (Wildman–Crippen MR) is 56.0 cm³/mol. The fourth-order valence-electron chi connectivity index (χ4n) is 1.24. The van der Waals surface area contributed by atoms with Crippen molar-refractivity contribution in [3.05, 3.63) is 24.0 Å². The van der Waals surface area contributed by atoms with Gasteiger partial charge < -0.3 is 16.4 Å². The minimum absolute atomic E-state index is 0.0376. The Kier molecular flexibility index (Phi) is 2.45. The second-order valence-electron chi connectivity index (χ2n) is 3.58.